The molecular formula is C17H21F2NO. The van der Waals surface area contributed by atoms with Gasteiger partial charge in [-0.15, -0.1) is 0 Å². The predicted octanol–water partition coefficient (Wildman–Crippen LogP) is 4.68. The highest BCUT2D eigenvalue weighted by molar-refractivity contribution is 5.36. The van der Waals surface area contributed by atoms with Crippen LogP contribution in [0, 0.1) is 23.0 Å². The minimum atomic E-state index is -1.02. The van der Waals surface area contributed by atoms with E-state index < -0.39 is 11.6 Å². The second-order valence-electron chi connectivity index (χ2n) is 5.64. The van der Waals surface area contributed by atoms with Crippen LogP contribution in [0.4, 0.5) is 8.78 Å². The van der Waals surface area contributed by atoms with Gasteiger partial charge >= 0.3 is 0 Å². The van der Waals surface area contributed by atoms with Crippen LogP contribution in [0.2, 0.25) is 0 Å². The van der Waals surface area contributed by atoms with Crippen molar-refractivity contribution in [1.29, 1.82) is 5.26 Å². The number of nitrogens with zero attached hydrogens (tertiary/aromatic N) is 1. The number of halogens is 2. The van der Waals surface area contributed by atoms with E-state index >= 15 is 0 Å². The van der Waals surface area contributed by atoms with Crippen molar-refractivity contribution in [2.45, 2.75) is 57.5 Å². The second kappa shape index (κ2) is 7.51. The lowest BCUT2D eigenvalue weighted by Gasteiger charge is -2.29. The van der Waals surface area contributed by atoms with Gasteiger partial charge in [0.05, 0.1) is 11.7 Å². The Bertz CT molecular complexity index is 516. The molecule has 0 unspecified atom stereocenters. The summed E-state index contributed by atoms with van der Waals surface area (Å²) in [5.74, 6) is -1.85. The van der Waals surface area contributed by atoms with Crippen LogP contribution in [0.25, 0.3) is 0 Å². The van der Waals surface area contributed by atoms with E-state index in [4.69, 9.17) is 10.00 Å². The van der Waals surface area contributed by atoms with Crippen LogP contribution in [-0.4, -0.2) is 12.7 Å². The third-order valence-electron chi connectivity index (χ3n) is 4.20. The number of nitriles is 1. The van der Waals surface area contributed by atoms with Crippen LogP contribution in [-0.2, 0) is 4.74 Å². The van der Waals surface area contributed by atoms with E-state index in [2.05, 4.69) is 6.92 Å². The maximum atomic E-state index is 14.0. The molecule has 21 heavy (non-hydrogen) atoms. The predicted molar refractivity (Wildman–Crippen MR) is 76.9 cm³/mol. The molecule has 1 aliphatic rings. The summed E-state index contributed by atoms with van der Waals surface area (Å²) in [4.78, 5) is 0. The second-order valence-corrected chi connectivity index (χ2v) is 5.64. The maximum Gasteiger partial charge on any atom is 0.176 e. The van der Waals surface area contributed by atoms with Gasteiger partial charge in [0.25, 0.3) is 0 Å². The van der Waals surface area contributed by atoms with Gasteiger partial charge in [-0.05, 0) is 49.7 Å². The SMILES string of the molecule is CCCCO[C@H]1CC[C@H](c2ccc(C#N)c(F)c2F)CC1. The summed E-state index contributed by atoms with van der Waals surface area (Å²) in [7, 11) is 0. The number of ether oxygens (including phenoxy) is 1. The average Bonchev–Trinajstić information content (AvgIpc) is 2.51. The molecule has 0 atom stereocenters. The molecule has 4 heteroatoms. The summed E-state index contributed by atoms with van der Waals surface area (Å²) in [6.45, 7) is 2.91. The molecule has 0 saturated heterocycles. The van der Waals surface area contributed by atoms with Crippen molar-refractivity contribution in [3.05, 3.63) is 34.9 Å². The summed E-state index contributed by atoms with van der Waals surface area (Å²) < 4.78 is 33.5. The smallest absolute Gasteiger partial charge is 0.176 e. The fraction of sp³-hybridized carbons (Fsp3) is 0.588. The molecule has 2 rings (SSSR count). The normalized spacial score (nSPS) is 22.0. The number of hydrogen-bond donors (Lipinski definition) is 0. The van der Waals surface area contributed by atoms with Gasteiger partial charge in [-0.3, -0.25) is 0 Å². The van der Waals surface area contributed by atoms with E-state index in [1.54, 1.807) is 12.1 Å². The van der Waals surface area contributed by atoms with E-state index in [1.165, 1.54) is 6.07 Å². The van der Waals surface area contributed by atoms with Crippen molar-refractivity contribution in [3.8, 4) is 6.07 Å². The van der Waals surface area contributed by atoms with Crippen molar-refractivity contribution < 1.29 is 13.5 Å². The maximum absolute atomic E-state index is 14.0. The Morgan fingerprint density at radius 1 is 1.19 bits per heavy atom. The Morgan fingerprint density at radius 3 is 2.52 bits per heavy atom. The molecule has 0 aliphatic heterocycles. The summed E-state index contributed by atoms with van der Waals surface area (Å²) in [6.07, 6.45) is 5.81. The lowest BCUT2D eigenvalue weighted by atomic mass is 9.82. The number of rotatable bonds is 5. The zero-order valence-electron chi connectivity index (χ0n) is 12.4. The topological polar surface area (TPSA) is 33.0 Å². The van der Waals surface area contributed by atoms with Crippen molar-refractivity contribution in [2.24, 2.45) is 0 Å². The van der Waals surface area contributed by atoms with Crippen molar-refractivity contribution in [3.63, 3.8) is 0 Å². The van der Waals surface area contributed by atoms with Gasteiger partial charge < -0.3 is 4.74 Å². The first-order chi connectivity index (χ1) is 10.2. The Morgan fingerprint density at radius 2 is 1.90 bits per heavy atom. The molecule has 0 amide bonds. The third-order valence-corrected chi connectivity index (χ3v) is 4.20. The molecule has 1 saturated carbocycles. The standard InChI is InChI=1S/C17H21F2NO/c1-2-3-10-21-14-7-4-12(5-8-14)15-9-6-13(11-20)16(18)17(15)19/h6,9,12,14H,2-5,7-8,10H2,1H3/t12-,14-. The van der Waals surface area contributed by atoms with Crippen molar-refractivity contribution >= 4 is 0 Å². The molecule has 0 spiro atoms. The first-order valence-electron chi connectivity index (χ1n) is 7.67. The first kappa shape index (κ1) is 15.9. The van der Waals surface area contributed by atoms with Gasteiger partial charge in [-0.2, -0.15) is 5.26 Å². The molecule has 1 aliphatic carbocycles. The van der Waals surface area contributed by atoms with Crippen LogP contribution in [0.5, 0.6) is 0 Å². The lowest BCUT2D eigenvalue weighted by molar-refractivity contribution is 0.0230. The quantitative estimate of drug-likeness (QED) is 0.738. The van der Waals surface area contributed by atoms with Gasteiger partial charge in [-0.1, -0.05) is 19.4 Å². The van der Waals surface area contributed by atoms with E-state index in [0.29, 0.717) is 5.56 Å². The molecule has 2 nitrogen and oxygen atoms in total. The highest BCUT2D eigenvalue weighted by Gasteiger charge is 2.26. The fourth-order valence-corrected chi connectivity index (χ4v) is 2.90. The summed E-state index contributed by atoms with van der Waals surface area (Å²) in [6, 6.07) is 4.60. The summed E-state index contributed by atoms with van der Waals surface area (Å²) >= 11 is 0. The van der Waals surface area contributed by atoms with Crippen LogP contribution in [0.15, 0.2) is 12.1 Å². The lowest BCUT2D eigenvalue weighted by Crippen LogP contribution is -2.22. The number of benzene rings is 1. The van der Waals surface area contributed by atoms with Crippen LogP contribution >= 0.6 is 0 Å². The molecule has 1 aromatic rings. The molecule has 0 radical (unpaired) electrons. The Balaban J connectivity index is 1.97. The van der Waals surface area contributed by atoms with E-state index in [1.807, 2.05) is 0 Å². The molecule has 0 heterocycles. The minimum Gasteiger partial charge on any atom is -0.378 e. The van der Waals surface area contributed by atoms with E-state index in [0.717, 1.165) is 45.1 Å². The van der Waals surface area contributed by atoms with Gasteiger partial charge in [0.15, 0.2) is 11.6 Å². The highest BCUT2D eigenvalue weighted by atomic mass is 19.2. The number of hydrogen-bond acceptors (Lipinski definition) is 2. The van der Waals surface area contributed by atoms with Gasteiger partial charge in [0, 0.05) is 6.61 Å². The zero-order chi connectivity index (χ0) is 15.2. The third kappa shape index (κ3) is 3.79. The molecular weight excluding hydrogens is 272 g/mol. The Kier molecular flexibility index (Phi) is 5.69. The summed E-state index contributed by atoms with van der Waals surface area (Å²) in [5, 5.41) is 8.71. The molecule has 0 bridgehead atoms. The van der Waals surface area contributed by atoms with Gasteiger partial charge in [-0.25, -0.2) is 8.78 Å². The molecule has 114 valence electrons. The van der Waals surface area contributed by atoms with Gasteiger partial charge in [0.2, 0.25) is 0 Å². The van der Waals surface area contributed by atoms with Crippen LogP contribution in [0.3, 0.4) is 0 Å². The van der Waals surface area contributed by atoms with Crippen LogP contribution in [0.1, 0.15) is 62.5 Å². The Labute approximate surface area is 124 Å². The molecule has 1 aromatic carbocycles. The van der Waals surface area contributed by atoms with Gasteiger partial charge in [0.1, 0.15) is 6.07 Å². The largest absolute Gasteiger partial charge is 0.378 e. The van der Waals surface area contributed by atoms with Crippen molar-refractivity contribution in [2.75, 3.05) is 6.61 Å². The molecule has 0 N–H and O–H groups in total. The zero-order valence-corrected chi connectivity index (χ0v) is 12.4. The minimum absolute atomic E-state index is 0.0262. The fourth-order valence-electron chi connectivity index (χ4n) is 2.90. The monoisotopic (exact) mass is 293 g/mol. The molecule has 1 fully saturated rings. The number of unbranched alkanes of at least 4 members (excludes halogenated alkanes) is 1. The first-order valence-corrected chi connectivity index (χ1v) is 7.67. The highest BCUT2D eigenvalue weighted by Crippen LogP contribution is 2.36. The molecule has 0 aromatic heterocycles. The van der Waals surface area contributed by atoms with Crippen LogP contribution < -0.4 is 0 Å². The van der Waals surface area contributed by atoms with Crippen molar-refractivity contribution in [1.82, 2.24) is 0 Å². The average molecular weight is 293 g/mol. The van der Waals surface area contributed by atoms with E-state index in [9.17, 15) is 8.78 Å². The summed E-state index contributed by atoms with van der Waals surface area (Å²) in [5.41, 5.74) is 0.173. The Hall–Kier alpha value is -1.47. The van der Waals surface area contributed by atoms with E-state index in [-0.39, 0.29) is 17.6 Å².